The van der Waals surface area contributed by atoms with Gasteiger partial charge in [-0.05, 0) is 12.1 Å². The molecule has 1 rings (SSSR count). The molecule has 4 nitrogen and oxygen atoms in total. The van der Waals surface area contributed by atoms with Crippen molar-refractivity contribution in [3.63, 3.8) is 0 Å². The summed E-state index contributed by atoms with van der Waals surface area (Å²) in [4.78, 5) is 9.00. The molecule has 0 aliphatic rings. The molecule has 0 radical (unpaired) electrons. The molecular weight excluding hydrogens is 252 g/mol. The van der Waals surface area contributed by atoms with Gasteiger partial charge in [0.25, 0.3) is 5.97 Å². The predicted molar refractivity (Wildman–Crippen MR) is 54.6 cm³/mol. The predicted octanol–water partition coefficient (Wildman–Crippen LogP) is 1.52. The van der Waals surface area contributed by atoms with Crippen LogP contribution in [-0.4, -0.2) is 21.3 Å². The Balaban J connectivity index is 0.000000364. The third-order valence-corrected chi connectivity index (χ3v) is 1.70. The molecule has 0 bridgehead atoms. The number of carboxylic acid groups (broad SMARTS) is 1. The quantitative estimate of drug-likeness (QED) is 0.671. The Labute approximate surface area is 89.9 Å². The smallest absolute Gasteiger partial charge is 0.300 e. The Kier molecular flexibility index (Phi) is 6.11. The first-order valence-electron chi connectivity index (χ1n) is 3.74. The number of aliphatic carboxylic acids is 1. The van der Waals surface area contributed by atoms with Gasteiger partial charge in [-0.1, -0.05) is 28.1 Å². The van der Waals surface area contributed by atoms with Gasteiger partial charge in [0.1, 0.15) is 0 Å². The normalized spacial score (nSPS) is 9.21. The Hall–Kier alpha value is -0.910. The molecule has 0 aliphatic heterocycles. The zero-order valence-corrected chi connectivity index (χ0v) is 9.10. The monoisotopic (exact) mass is 262 g/mol. The molecule has 0 saturated carbocycles. The second kappa shape index (κ2) is 6.53. The summed E-state index contributed by atoms with van der Waals surface area (Å²) in [6.45, 7) is 1.08. The molecule has 5 heteroatoms. The van der Waals surface area contributed by atoms with Crippen molar-refractivity contribution in [1.29, 1.82) is 0 Å². The van der Waals surface area contributed by atoms with E-state index in [1.165, 1.54) is 0 Å². The second-order valence-electron chi connectivity index (χ2n) is 2.44. The van der Waals surface area contributed by atoms with Gasteiger partial charge in [0, 0.05) is 17.0 Å². The first-order chi connectivity index (χ1) is 6.43. The minimum absolute atomic E-state index is 0.503. The van der Waals surface area contributed by atoms with Crippen molar-refractivity contribution in [3.05, 3.63) is 34.3 Å². The number of rotatable bonds is 1. The molecule has 0 atom stereocenters. The first kappa shape index (κ1) is 13.1. The van der Waals surface area contributed by atoms with Crippen LogP contribution in [0.4, 0.5) is 0 Å². The van der Waals surface area contributed by atoms with Crippen molar-refractivity contribution in [3.8, 4) is 0 Å². The lowest BCUT2D eigenvalue weighted by Gasteiger charge is -2.01. The fourth-order valence-electron chi connectivity index (χ4n) is 0.635. The van der Waals surface area contributed by atoms with E-state index in [0.29, 0.717) is 5.56 Å². The third-order valence-electron chi connectivity index (χ3n) is 1.17. The van der Waals surface area contributed by atoms with Crippen LogP contribution in [0, 0.1) is 0 Å². The van der Waals surface area contributed by atoms with E-state index < -0.39 is 12.3 Å². The van der Waals surface area contributed by atoms with Crippen molar-refractivity contribution in [2.75, 3.05) is 0 Å². The van der Waals surface area contributed by atoms with Crippen molar-refractivity contribution in [2.45, 2.75) is 13.2 Å². The first-order valence-corrected chi connectivity index (χ1v) is 4.54. The van der Waals surface area contributed by atoms with Crippen molar-refractivity contribution in [2.24, 2.45) is 0 Å². The van der Waals surface area contributed by atoms with E-state index in [9.17, 15) is 0 Å². The molecule has 0 heterocycles. The lowest BCUT2D eigenvalue weighted by Crippen LogP contribution is -1.92. The largest absolute Gasteiger partial charge is 0.481 e. The highest BCUT2D eigenvalue weighted by molar-refractivity contribution is 9.10. The molecule has 0 unspecified atom stereocenters. The zero-order chi connectivity index (χ0) is 11.1. The highest BCUT2D eigenvalue weighted by atomic mass is 79.9. The van der Waals surface area contributed by atoms with E-state index in [4.69, 9.17) is 20.1 Å². The van der Waals surface area contributed by atoms with Gasteiger partial charge in [-0.25, -0.2) is 0 Å². The third kappa shape index (κ3) is 6.59. The van der Waals surface area contributed by atoms with Gasteiger partial charge in [-0.3, -0.25) is 4.79 Å². The maximum absolute atomic E-state index is 9.00. The molecule has 3 N–H and O–H groups in total. The molecule has 0 spiro atoms. The lowest BCUT2D eigenvalue weighted by molar-refractivity contribution is -0.134. The number of hydrogen-bond acceptors (Lipinski definition) is 3. The average Bonchev–Trinajstić information content (AvgIpc) is 2.03. The van der Waals surface area contributed by atoms with Crippen LogP contribution < -0.4 is 0 Å². The maximum Gasteiger partial charge on any atom is 0.300 e. The van der Waals surface area contributed by atoms with Gasteiger partial charge in [0.15, 0.2) is 6.29 Å². The van der Waals surface area contributed by atoms with Crippen LogP contribution in [0.15, 0.2) is 28.7 Å². The van der Waals surface area contributed by atoms with E-state index >= 15 is 0 Å². The molecule has 0 aliphatic carbocycles. The van der Waals surface area contributed by atoms with Crippen LogP contribution in [0.2, 0.25) is 0 Å². The summed E-state index contributed by atoms with van der Waals surface area (Å²) >= 11 is 3.23. The Bertz CT molecular complexity index is 277. The number of hydrogen-bond donors (Lipinski definition) is 3. The van der Waals surface area contributed by atoms with Crippen LogP contribution in [0.3, 0.4) is 0 Å². The second-order valence-corrected chi connectivity index (χ2v) is 3.36. The van der Waals surface area contributed by atoms with Crippen LogP contribution in [0.25, 0.3) is 0 Å². The number of benzene rings is 1. The summed E-state index contributed by atoms with van der Waals surface area (Å²) < 4.78 is 0.928. The van der Waals surface area contributed by atoms with E-state index in [1.54, 1.807) is 24.3 Å². The van der Waals surface area contributed by atoms with Gasteiger partial charge in [0.2, 0.25) is 0 Å². The number of aliphatic hydroxyl groups is 2. The van der Waals surface area contributed by atoms with E-state index in [1.807, 2.05) is 0 Å². The summed E-state index contributed by atoms with van der Waals surface area (Å²) in [5.74, 6) is -0.833. The van der Waals surface area contributed by atoms with Gasteiger partial charge < -0.3 is 15.3 Å². The van der Waals surface area contributed by atoms with Crippen LogP contribution in [-0.2, 0) is 4.79 Å². The summed E-state index contributed by atoms with van der Waals surface area (Å²) in [6.07, 6.45) is -1.37. The number of aliphatic hydroxyl groups excluding tert-OH is 1. The molecule has 0 aromatic heterocycles. The maximum atomic E-state index is 9.00. The summed E-state index contributed by atoms with van der Waals surface area (Å²) in [6, 6.07) is 6.81. The zero-order valence-electron chi connectivity index (χ0n) is 7.51. The standard InChI is InChI=1S/C7H7BrO2.C2H4O2/c8-6-3-1-5(2-4-6)7(9)10;1-2(3)4/h1-4,7,9-10H;1H3,(H,3,4). The lowest BCUT2D eigenvalue weighted by atomic mass is 10.2. The van der Waals surface area contributed by atoms with Gasteiger partial charge in [-0.15, -0.1) is 0 Å². The molecule has 14 heavy (non-hydrogen) atoms. The molecule has 0 fully saturated rings. The number of carbonyl (C=O) groups is 1. The Morgan fingerprint density at radius 1 is 1.29 bits per heavy atom. The van der Waals surface area contributed by atoms with Crippen LogP contribution in [0.5, 0.6) is 0 Å². The van der Waals surface area contributed by atoms with Crippen LogP contribution in [0.1, 0.15) is 18.8 Å². The van der Waals surface area contributed by atoms with E-state index in [-0.39, 0.29) is 0 Å². The summed E-state index contributed by atoms with van der Waals surface area (Å²) in [7, 11) is 0. The van der Waals surface area contributed by atoms with E-state index in [0.717, 1.165) is 11.4 Å². The van der Waals surface area contributed by atoms with Crippen molar-refractivity contribution < 1.29 is 20.1 Å². The van der Waals surface area contributed by atoms with Crippen molar-refractivity contribution >= 4 is 21.9 Å². The minimum Gasteiger partial charge on any atom is -0.481 e. The Morgan fingerprint density at radius 2 is 1.64 bits per heavy atom. The number of halogens is 1. The molecule has 78 valence electrons. The highest BCUT2D eigenvalue weighted by Crippen LogP contribution is 2.14. The molecule has 0 saturated heterocycles. The fraction of sp³-hybridized carbons (Fsp3) is 0.222. The summed E-state index contributed by atoms with van der Waals surface area (Å²) in [5, 5.41) is 24.7. The van der Waals surface area contributed by atoms with Gasteiger partial charge >= 0.3 is 0 Å². The summed E-state index contributed by atoms with van der Waals surface area (Å²) in [5.41, 5.74) is 0.503. The van der Waals surface area contributed by atoms with Gasteiger partial charge in [0.05, 0.1) is 0 Å². The fourth-order valence-corrected chi connectivity index (χ4v) is 0.899. The van der Waals surface area contributed by atoms with Gasteiger partial charge in [-0.2, -0.15) is 0 Å². The molecule has 1 aromatic carbocycles. The van der Waals surface area contributed by atoms with E-state index in [2.05, 4.69) is 15.9 Å². The molecule has 0 amide bonds. The highest BCUT2D eigenvalue weighted by Gasteiger charge is 1.99. The minimum atomic E-state index is -1.37. The number of carboxylic acids is 1. The average molecular weight is 263 g/mol. The van der Waals surface area contributed by atoms with Crippen LogP contribution >= 0.6 is 15.9 Å². The SMILES string of the molecule is CC(=O)O.OC(O)c1ccc(Br)cc1. The topological polar surface area (TPSA) is 77.8 Å². The molecular formula is C9H11BrO4. The molecule has 1 aromatic rings. The Morgan fingerprint density at radius 3 is 1.93 bits per heavy atom. The van der Waals surface area contributed by atoms with Crippen molar-refractivity contribution in [1.82, 2.24) is 0 Å².